The first kappa shape index (κ1) is 35.2. The van der Waals surface area contributed by atoms with Crippen LogP contribution in [0.4, 0.5) is 17.1 Å². The number of nitrogens with zero attached hydrogens (tertiary/aromatic N) is 1. The molecule has 60 heavy (non-hydrogen) atoms. The van der Waals surface area contributed by atoms with E-state index in [-0.39, 0.29) is 0 Å². The molecular formula is C58H39NO. The number of fused-ring (bicyclic) bond motifs is 4. The fourth-order valence-corrected chi connectivity index (χ4v) is 8.72. The van der Waals surface area contributed by atoms with Crippen LogP contribution in [-0.2, 0) is 0 Å². The van der Waals surface area contributed by atoms with Crippen LogP contribution in [0.2, 0.25) is 0 Å². The van der Waals surface area contributed by atoms with Gasteiger partial charge < -0.3 is 9.32 Å². The first-order valence-corrected chi connectivity index (χ1v) is 20.5. The van der Waals surface area contributed by atoms with Crippen molar-refractivity contribution in [1.82, 2.24) is 0 Å². The van der Waals surface area contributed by atoms with Crippen LogP contribution >= 0.6 is 0 Å². The standard InChI is InChI=1S/C58H39NO/c1-3-15-40(16-4-1)46-35-47(41-17-5-2-6-18-41)37-50(36-46)59(49-33-29-43(30-34-49)56-38-44-19-7-9-22-52(44)53-23-11-12-24-54(53)56)48-31-27-42(28-32-48)51-21-10-13-25-55(51)58-39-45-20-8-14-26-57(45)60-58/h1-39H. The highest BCUT2D eigenvalue weighted by Crippen LogP contribution is 2.43. The Balaban J connectivity index is 1.06. The summed E-state index contributed by atoms with van der Waals surface area (Å²) < 4.78 is 6.37. The molecule has 0 amide bonds. The zero-order valence-corrected chi connectivity index (χ0v) is 32.9. The van der Waals surface area contributed by atoms with E-state index in [1.807, 2.05) is 12.1 Å². The summed E-state index contributed by atoms with van der Waals surface area (Å²) >= 11 is 0. The molecule has 0 radical (unpaired) electrons. The summed E-state index contributed by atoms with van der Waals surface area (Å²) in [4.78, 5) is 2.39. The van der Waals surface area contributed by atoms with E-state index < -0.39 is 0 Å². The van der Waals surface area contributed by atoms with E-state index >= 15 is 0 Å². The molecule has 0 saturated heterocycles. The molecule has 2 nitrogen and oxygen atoms in total. The summed E-state index contributed by atoms with van der Waals surface area (Å²) in [6.07, 6.45) is 0. The average Bonchev–Trinajstić information content (AvgIpc) is 3.77. The normalized spacial score (nSPS) is 11.3. The van der Waals surface area contributed by atoms with Crippen molar-refractivity contribution < 1.29 is 4.42 Å². The molecule has 0 N–H and O–H groups in total. The van der Waals surface area contributed by atoms with Crippen LogP contribution < -0.4 is 4.90 Å². The van der Waals surface area contributed by atoms with Crippen molar-refractivity contribution in [2.45, 2.75) is 0 Å². The summed E-state index contributed by atoms with van der Waals surface area (Å²) in [5.74, 6) is 0.864. The molecule has 10 aromatic carbocycles. The first-order valence-electron chi connectivity index (χ1n) is 20.5. The van der Waals surface area contributed by atoms with Gasteiger partial charge in [-0.1, -0.05) is 176 Å². The third kappa shape index (κ3) is 6.51. The highest BCUT2D eigenvalue weighted by Gasteiger charge is 2.18. The highest BCUT2D eigenvalue weighted by atomic mass is 16.3. The Morgan fingerprint density at radius 1 is 0.267 bits per heavy atom. The Morgan fingerprint density at radius 3 is 1.40 bits per heavy atom. The summed E-state index contributed by atoms with van der Waals surface area (Å²) in [5.41, 5.74) is 14.5. The lowest BCUT2D eigenvalue weighted by molar-refractivity contribution is 0.632. The second kappa shape index (κ2) is 15.1. The smallest absolute Gasteiger partial charge is 0.136 e. The fourth-order valence-electron chi connectivity index (χ4n) is 8.72. The van der Waals surface area contributed by atoms with E-state index in [2.05, 4.69) is 229 Å². The van der Waals surface area contributed by atoms with Crippen LogP contribution in [-0.4, -0.2) is 0 Å². The molecular weight excluding hydrogens is 727 g/mol. The van der Waals surface area contributed by atoms with Crippen LogP contribution in [0.5, 0.6) is 0 Å². The van der Waals surface area contributed by atoms with Gasteiger partial charge in [-0.25, -0.2) is 0 Å². The van der Waals surface area contributed by atoms with Crippen molar-refractivity contribution in [3.8, 4) is 55.8 Å². The molecule has 0 spiro atoms. The molecule has 0 unspecified atom stereocenters. The van der Waals surface area contributed by atoms with Gasteiger partial charge in [-0.15, -0.1) is 0 Å². The lowest BCUT2D eigenvalue weighted by atomic mass is 9.93. The summed E-state index contributed by atoms with van der Waals surface area (Å²) in [6, 6.07) is 84.9. The maximum atomic E-state index is 6.37. The van der Waals surface area contributed by atoms with Crippen molar-refractivity contribution in [1.29, 1.82) is 0 Å². The van der Waals surface area contributed by atoms with Gasteiger partial charge in [0.1, 0.15) is 11.3 Å². The molecule has 0 bridgehead atoms. The van der Waals surface area contributed by atoms with Gasteiger partial charge >= 0.3 is 0 Å². The molecule has 0 fully saturated rings. The second-order valence-corrected chi connectivity index (χ2v) is 15.3. The maximum absolute atomic E-state index is 6.37. The Hall–Kier alpha value is -7.94. The molecule has 0 aliphatic carbocycles. The van der Waals surface area contributed by atoms with Crippen molar-refractivity contribution in [3.63, 3.8) is 0 Å². The van der Waals surface area contributed by atoms with E-state index in [0.29, 0.717) is 0 Å². The van der Waals surface area contributed by atoms with E-state index in [4.69, 9.17) is 4.42 Å². The second-order valence-electron chi connectivity index (χ2n) is 15.3. The highest BCUT2D eigenvalue weighted by molar-refractivity contribution is 6.13. The molecule has 0 atom stereocenters. The maximum Gasteiger partial charge on any atom is 0.136 e. The van der Waals surface area contributed by atoms with Crippen molar-refractivity contribution in [3.05, 3.63) is 237 Å². The van der Waals surface area contributed by atoms with Gasteiger partial charge in [-0.05, 0) is 127 Å². The van der Waals surface area contributed by atoms with Crippen molar-refractivity contribution >= 4 is 49.6 Å². The minimum absolute atomic E-state index is 0.864. The minimum atomic E-state index is 0.864. The van der Waals surface area contributed by atoms with Gasteiger partial charge in [0.2, 0.25) is 0 Å². The SMILES string of the molecule is c1ccc(-c2cc(-c3ccccc3)cc(N(c3ccc(-c4ccccc4-c4cc5ccccc5o4)cc3)c3ccc(-c4cc5ccccc5c5ccccc45)cc3)c2)cc1. The van der Waals surface area contributed by atoms with Crippen LogP contribution in [0.3, 0.4) is 0 Å². The monoisotopic (exact) mass is 765 g/mol. The largest absolute Gasteiger partial charge is 0.456 e. The lowest BCUT2D eigenvalue weighted by Gasteiger charge is -2.27. The van der Waals surface area contributed by atoms with E-state index in [1.165, 1.54) is 43.8 Å². The predicted octanol–water partition coefficient (Wildman–Crippen LogP) is 16.5. The molecule has 0 aliphatic heterocycles. The van der Waals surface area contributed by atoms with Gasteiger partial charge in [0.15, 0.2) is 0 Å². The van der Waals surface area contributed by atoms with Crippen molar-refractivity contribution in [2.24, 2.45) is 0 Å². The van der Waals surface area contributed by atoms with Gasteiger partial charge in [-0.3, -0.25) is 0 Å². The van der Waals surface area contributed by atoms with Crippen LogP contribution in [0, 0.1) is 0 Å². The number of furan rings is 1. The molecule has 282 valence electrons. The number of hydrogen-bond donors (Lipinski definition) is 0. The summed E-state index contributed by atoms with van der Waals surface area (Å²) in [6.45, 7) is 0. The third-order valence-corrected chi connectivity index (χ3v) is 11.6. The average molecular weight is 766 g/mol. The lowest BCUT2D eigenvalue weighted by Crippen LogP contribution is -2.10. The third-order valence-electron chi connectivity index (χ3n) is 11.6. The Labute approximate surface area is 349 Å². The fraction of sp³-hybridized carbons (Fsp3) is 0. The van der Waals surface area contributed by atoms with Crippen LogP contribution in [0.25, 0.3) is 88.3 Å². The number of benzene rings is 10. The zero-order valence-electron chi connectivity index (χ0n) is 32.9. The van der Waals surface area contributed by atoms with Gasteiger partial charge in [-0.2, -0.15) is 0 Å². The number of anilines is 3. The zero-order chi connectivity index (χ0) is 39.8. The van der Waals surface area contributed by atoms with Crippen LogP contribution in [0.15, 0.2) is 241 Å². The molecule has 0 saturated carbocycles. The van der Waals surface area contributed by atoms with Crippen LogP contribution in [0.1, 0.15) is 0 Å². The Morgan fingerprint density at radius 2 is 0.767 bits per heavy atom. The van der Waals surface area contributed by atoms with E-state index in [1.54, 1.807) is 0 Å². The molecule has 11 aromatic rings. The molecule has 11 rings (SSSR count). The quantitative estimate of drug-likeness (QED) is 0.143. The molecule has 1 aromatic heterocycles. The summed E-state index contributed by atoms with van der Waals surface area (Å²) in [5, 5.41) is 6.13. The number of rotatable bonds is 8. The molecule has 1 heterocycles. The van der Waals surface area contributed by atoms with Gasteiger partial charge in [0, 0.05) is 28.0 Å². The predicted molar refractivity (Wildman–Crippen MR) is 253 cm³/mol. The van der Waals surface area contributed by atoms with E-state index in [9.17, 15) is 0 Å². The van der Waals surface area contributed by atoms with E-state index in [0.717, 1.165) is 61.6 Å². The summed E-state index contributed by atoms with van der Waals surface area (Å²) in [7, 11) is 0. The Bertz CT molecular complexity index is 3200. The van der Waals surface area contributed by atoms with Crippen molar-refractivity contribution in [2.75, 3.05) is 4.90 Å². The molecule has 2 heteroatoms. The minimum Gasteiger partial charge on any atom is -0.456 e. The molecule has 0 aliphatic rings. The first-order chi connectivity index (χ1) is 29.7. The number of para-hydroxylation sites is 1. The van der Waals surface area contributed by atoms with Gasteiger partial charge in [0.25, 0.3) is 0 Å². The topological polar surface area (TPSA) is 16.4 Å². The van der Waals surface area contributed by atoms with Gasteiger partial charge in [0.05, 0.1) is 0 Å². The Kier molecular flexibility index (Phi) is 8.87. The number of hydrogen-bond acceptors (Lipinski definition) is 2.